The number of anilines is 1. The molecular formula is C16H14Br2ClNO. The molecule has 0 saturated carbocycles. The Morgan fingerprint density at radius 1 is 1.00 bits per heavy atom. The Hall–Kier alpha value is -0.710. The lowest BCUT2D eigenvalue weighted by Crippen LogP contribution is -2.05. The summed E-state index contributed by atoms with van der Waals surface area (Å²) in [7, 11) is 0. The average Bonchev–Trinajstić information content (AvgIpc) is 2.45. The second-order valence-corrected chi connectivity index (χ2v) is 7.24. The zero-order valence-corrected chi connectivity index (χ0v) is 15.2. The highest BCUT2D eigenvalue weighted by Crippen LogP contribution is 2.42. The molecule has 0 fully saturated rings. The summed E-state index contributed by atoms with van der Waals surface area (Å²) in [5, 5.41) is 0.840. The first-order valence-electron chi connectivity index (χ1n) is 6.79. The zero-order valence-electron chi connectivity index (χ0n) is 11.3. The molecule has 0 unspecified atom stereocenters. The molecule has 0 aromatic heterocycles. The molecule has 2 N–H and O–H groups in total. The molecule has 110 valence electrons. The van der Waals surface area contributed by atoms with Crippen LogP contribution in [0.1, 0.15) is 24.0 Å². The third-order valence-electron chi connectivity index (χ3n) is 3.67. The minimum absolute atomic E-state index is 0.680. The molecular weight excluding hydrogens is 417 g/mol. The van der Waals surface area contributed by atoms with Crippen LogP contribution >= 0.6 is 43.5 Å². The van der Waals surface area contributed by atoms with Crippen LogP contribution in [0.25, 0.3) is 0 Å². The number of nitrogen functional groups attached to an aromatic ring is 1. The van der Waals surface area contributed by atoms with E-state index in [2.05, 4.69) is 31.9 Å². The van der Waals surface area contributed by atoms with Crippen molar-refractivity contribution in [2.45, 2.75) is 25.7 Å². The summed E-state index contributed by atoms with van der Waals surface area (Å²) >= 11 is 13.3. The van der Waals surface area contributed by atoms with E-state index in [9.17, 15) is 0 Å². The Bertz CT molecular complexity index is 680. The fourth-order valence-electron chi connectivity index (χ4n) is 2.67. The second-order valence-electron chi connectivity index (χ2n) is 5.13. The molecule has 0 aliphatic heterocycles. The summed E-state index contributed by atoms with van der Waals surface area (Å²) < 4.78 is 7.80. The number of hydrogen-bond acceptors (Lipinski definition) is 2. The zero-order chi connectivity index (χ0) is 15.0. The Balaban J connectivity index is 2.03. The third-order valence-corrected chi connectivity index (χ3v) is 5.20. The van der Waals surface area contributed by atoms with Gasteiger partial charge in [0.1, 0.15) is 5.75 Å². The Labute approximate surface area is 145 Å². The van der Waals surface area contributed by atoms with Crippen LogP contribution in [-0.4, -0.2) is 0 Å². The Kier molecular flexibility index (Phi) is 4.48. The molecule has 0 atom stereocenters. The van der Waals surface area contributed by atoms with Crippen molar-refractivity contribution in [2.24, 2.45) is 0 Å². The van der Waals surface area contributed by atoms with Gasteiger partial charge in [-0.1, -0.05) is 11.6 Å². The summed E-state index contributed by atoms with van der Waals surface area (Å²) in [6.07, 6.45) is 4.39. The molecule has 2 nitrogen and oxygen atoms in total. The van der Waals surface area contributed by atoms with Gasteiger partial charge < -0.3 is 10.5 Å². The number of fused-ring (bicyclic) bond motifs is 1. The summed E-state index contributed by atoms with van der Waals surface area (Å²) in [6.45, 7) is 0. The average molecular weight is 432 g/mol. The maximum atomic E-state index is 6.31. The van der Waals surface area contributed by atoms with Crippen LogP contribution in [0, 0.1) is 0 Å². The van der Waals surface area contributed by atoms with Crippen LogP contribution in [0.5, 0.6) is 11.5 Å². The fraction of sp³-hybridized carbons (Fsp3) is 0.250. The van der Waals surface area contributed by atoms with Gasteiger partial charge in [0, 0.05) is 10.7 Å². The van der Waals surface area contributed by atoms with Gasteiger partial charge in [-0.2, -0.15) is 0 Å². The largest absolute Gasteiger partial charge is 0.455 e. The van der Waals surface area contributed by atoms with Crippen LogP contribution in [0.2, 0.25) is 5.02 Å². The Morgan fingerprint density at radius 3 is 2.29 bits per heavy atom. The molecule has 3 rings (SSSR count). The van der Waals surface area contributed by atoms with Crippen molar-refractivity contribution in [1.29, 1.82) is 0 Å². The van der Waals surface area contributed by atoms with E-state index in [4.69, 9.17) is 22.1 Å². The van der Waals surface area contributed by atoms with E-state index in [-0.39, 0.29) is 0 Å². The van der Waals surface area contributed by atoms with Crippen LogP contribution < -0.4 is 10.5 Å². The van der Waals surface area contributed by atoms with E-state index >= 15 is 0 Å². The van der Waals surface area contributed by atoms with Gasteiger partial charge in [0.2, 0.25) is 0 Å². The van der Waals surface area contributed by atoms with E-state index in [0.717, 1.165) is 38.3 Å². The second kappa shape index (κ2) is 6.19. The molecule has 0 amide bonds. The summed E-state index contributed by atoms with van der Waals surface area (Å²) in [5.74, 6) is 1.61. The number of halogens is 3. The van der Waals surface area contributed by atoms with Gasteiger partial charge in [-0.05, 0) is 92.9 Å². The number of hydrogen-bond donors (Lipinski definition) is 1. The molecule has 0 heterocycles. The number of nitrogens with two attached hydrogens (primary N) is 1. The molecule has 21 heavy (non-hydrogen) atoms. The summed E-state index contributed by atoms with van der Waals surface area (Å²) in [4.78, 5) is 0. The molecule has 0 radical (unpaired) electrons. The van der Waals surface area contributed by atoms with Crippen molar-refractivity contribution in [2.75, 3.05) is 5.73 Å². The number of ether oxygens (including phenoxy) is 1. The van der Waals surface area contributed by atoms with E-state index in [1.54, 1.807) is 0 Å². The van der Waals surface area contributed by atoms with Crippen LogP contribution in [0.4, 0.5) is 5.69 Å². The van der Waals surface area contributed by atoms with Crippen LogP contribution in [-0.2, 0) is 12.8 Å². The molecule has 0 bridgehead atoms. The van der Waals surface area contributed by atoms with Gasteiger partial charge in [-0.3, -0.25) is 0 Å². The fourth-order valence-corrected chi connectivity index (χ4v) is 4.33. The molecule has 2 aromatic carbocycles. The van der Waals surface area contributed by atoms with E-state index in [1.807, 2.05) is 24.3 Å². The van der Waals surface area contributed by atoms with Gasteiger partial charge in [0.25, 0.3) is 0 Å². The first-order valence-corrected chi connectivity index (χ1v) is 8.75. The highest BCUT2D eigenvalue weighted by molar-refractivity contribution is 9.11. The van der Waals surface area contributed by atoms with Gasteiger partial charge >= 0.3 is 0 Å². The highest BCUT2D eigenvalue weighted by Gasteiger charge is 2.19. The lowest BCUT2D eigenvalue weighted by molar-refractivity contribution is 0.465. The predicted molar refractivity (Wildman–Crippen MR) is 94.4 cm³/mol. The monoisotopic (exact) mass is 429 g/mol. The van der Waals surface area contributed by atoms with Crippen molar-refractivity contribution in [1.82, 2.24) is 0 Å². The summed E-state index contributed by atoms with van der Waals surface area (Å²) in [5.41, 5.74) is 8.95. The maximum absolute atomic E-state index is 6.31. The van der Waals surface area contributed by atoms with Gasteiger partial charge in [-0.25, -0.2) is 0 Å². The van der Waals surface area contributed by atoms with Gasteiger partial charge in [0.05, 0.1) is 8.95 Å². The molecule has 1 aliphatic rings. The van der Waals surface area contributed by atoms with Gasteiger partial charge in [0.15, 0.2) is 5.75 Å². The molecule has 0 saturated heterocycles. The van der Waals surface area contributed by atoms with Crippen molar-refractivity contribution in [3.05, 3.63) is 49.4 Å². The van der Waals surface area contributed by atoms with Crippen LogP contribution in [0.3, 0.4) is 0 Å². The minimum atomic E-state index is 0.680. The Morgan fingerprint density at radius 2 is 1.62 bits per heavy atom. The van der Waals surface area contributed by atoms with E-state index in [1.165, 1.54) is 24.0 Å². The van der Waals surface area contributed by atoms with Crippen molar-refractivity contribution in [3.63, 3.8) is 0 Å². The van der Waals surface area contributed by atoms with Crippen LogP contribution in [0.15, 0.2) is 33.2 Å². The minimum Gasteiger partial charge on any atom is -0.455 e. The molecule has 0 spiro atoms. The number of benzene rings is 2. The standard InChI is InChI=1S/C16H14Br2ClNO/c17-12-7-9(20)8-13(18)16(12)21-15-6-5-14(19)10-3-1-2-4-11(10)15/h5-8H,1-4,20H2. The van der Waals surface area contributed by atoms with Crippen molar-refractivity contribution in [3.8, 4) is 11.5 Å². The van der Waals surface area contributed by atoms with Gasteiger partial charge in [-0.15, -0.1) is 0 Å². The lowest BCUT2D eigenvalue weighted by atomic mass is 9.91. The maximum Gasteiger partial charge on any atom is 0.155 e. The van der Waals surface area contributed by atoms with E-state index < -0.39 is 0 Å². The topological polar surface area (TPSA) is 35.2 Å². The number of rotatable bonds is 2. The normalized spacial score (nSPS) is 13.9. The predicted octanol–water partition coefficient (Wildman–Crippen LogP) is 6.12. The quantitative estimate of drug-likeness (QED) is 0.582. The van der Waals surface area contributed by atoms with Crippen molar-refractivity contribution >= 4 is 49.1 Å². The van der Waals surface area contributed by atoms with Crippen molar-refractivity contribution < 1.29 is 4.74 Å². The summed E-state index contributed by atoms with van der Waals surface area (Å²) in [6, 6.07) is 7.53. The SMILES string of the molecule is Nc1cc(Br)c(Oc2ccc(Cl)c3c2CCCC3)c(Br)c1. The lowest BCUT2D eigenvalue weighted by Gasteiger charge is -2.21. The first-order chi connectivity index (χ1) is 10.1. The smallest absolute Gasteiger partial charge is 0.155 e. The van der Waals surface area contributed by atoms with E-state index in [0.29, 0.717) is 5.69 Å². The molecule has 5 heteroatoms. The molecule has 1 aliphatic carbocycles. The highest BCUT2D eigenvalue weighted by atomic mass is 79.9. The first kappa shape index (κ1) is 15.2. The third kappa shape index (κ3) is 3.08. The molecule has 2 aromatic rings.